The summed E-state index contributed by atoms with van der Waals surface area (Å²) in [5.41, 5.74) is 0.572. The van der Waals surface area contributed by atoms with Crippen LogP contribution in [0.1, 0.15) is 24.8 Å². The third-order valence-corrected chi connectivity index (χ3v) is 3.72. The Morgan fingerprint density at radius 2 is 2.20 bits per heavy atom. The maximum absolute atomic E-state index is 13.7. The molecular formula is C13H9ClFN3O2. The molecule has 1 fully saturated rings. The van der Waals surface area contributed by atoms with Gasteiger partial charge in [0.25, 0.3) is 5.56 Å². The largest absolute Gasteiger partial charge is 0.440 e. The molecule has 0 N–H and O–H groups in total. The van der Waals surface area contributed by atoms with E-state index in [1.807, 2.05) is 0 Å². The molecule has 0 amide bonds. The highest BCUT2D eigenvalue weighted by molar-refractivity contribution is 6.30. The molecule has 0 saturated heterocycles. The van der Waals surface area contributed by atoms with Crippen molar-refractivity contribution < 1.29 is 8.81 Å². The highest BCUT2D eigenvalue weighted by Gasteiger charge is 2.30. The van der Waals surface area contributed by atoms with Crippen LogP contribution in [0, 0.1) is 12.7 Å². The predicted octanol–water partition coefficient (Wildman–Crippen LogP) is 2.97. The van der Waals surface area contributed by atoms with Gasteiger partial charge in [-0.25, -0.2) is 14.4 Å². The number of halogens is 2. The minimum Gasteiger partial charge on any atom is -0.440 e. The van der Waals surface area contributed by atoms with Crippen molar-refractivity contribution in [1.29, 1.82) is 0 Å². The van der Waals surface area contributed by atoms with E-state index in [0.717, 1.165) is 12.8 Å². The lowest BCUT2D eigenvalue weighted by atomic mass is 10.2. The second kappa shape index (κ2) is 3.79. The molecule has 5 nitrogen and oxygen atoms in total. The van der Waals surface area contributed by atoms with Crippen LogP contribution in [0.3, 0.4) is 0 Å². The van der Waals surface area contributed by atoms with Crippen LogP contribution in [0.2, 0.25) is 5.15 Å². The van der Waals surface area contributed by atoms with Crippen molar-refractivity contribution in [3.05, 3.63) is 33.3 Å². The molecular weight excluding hydrogens is 285 g/mol. The van der Waals surface area contributed by atoms with Crippen LogP contribution < -0.4 is 5.56 Å². The number of aromatic nitrogens is 3. The van der Waals surface area contributed by atoms with E-state index in [2.05, 4.69) is 9.97 Å². The normalized spacial score (nSPS) is 15.3. The quantitative estimate of drug-likeness (QED) is 0.647. The van der Waals surface area contributed by atoms with Crippen LogP contribution in [-0.2, 0) is 0 Å². The molecule has 1 aliphatic carbocycles. The molecule has 102 valence electrons. The average molecular weight is 294 g/mol. The molecule has 0 aliphatic heterocycles. The molecule has 7 heteroatoms. The first kappa shape index (κ1) is 11.8. The smallest absolute Gasteiger partial charge is 0.282 e. The lowest BCUT2D eigenvalue weighted by Gasteiger charge is -2.08. The first-order chi connectivity index (χ1) is 9.56. The second-order valence-corrected chi connectivity index (χ2v) is 5.31. The fraction of sp³-hybridized carbons (Fsp3) is 0.308. The topological polar surface area (TPSA) is 60.9 Å². The first-order valence-corrected chi connectivity index (χ1v) is 6.61. The van der Waals surface area contributed by atoms with Crippen LogP contribution in [0.15, 0.2) is 15.3 Å². The molecule has 0 radical (unpaired) electrons. The Hall–Kier alpha value is -1.95. The lowest BCUT2D eigenvalue weighted by Crippen LogP contribution is -2.21. The number of pyridine rings is 2. The SMILES string of the molecule is Cc1nc2c(=O)n(C3CC3)c3nc(Cl)c(F)cc3c2o1. The fourth-order valence-corrected chi connectivity index (χ4v) is 2.58. The van der Waals surface area contributed by atoms with Crippen LogP contribution >= 0.6 is 11.6 Å². The molecule has 4 rings (SSSR count). The number of aryl methyl sites for hydroxylation is 1. The maximum atomic E-state index is 13.7. The third kappa shape index (κ3) is 1.51. The summed E-state index contributed by atoms with van der Waals surface area (Å²) in [5.74, 6) is -0.280. The van der Waals surface area contributed by atoms with E-state index >= 15 is 0 Å². The van der Waals surface area contributed by atoms with Gasteiger partial charge < -0.3 is 4.42 Å². The molecule has 0 bridgehead atoms. The van der Waals surface area contributed by atoms with E-state index < -0.39 is 5.82 Å². The van der Waals surface area contributed by atoms with Gasteiger partial charge in [-0.3, -0.25) is 9.36 Å². The molecule has 3 heterocycles. The highest BCUT2D eigenvalue weighted by atomic mass is 35.5. The molecule has 1 aliphatic rings. The monoisotopic (exact) mass is 293 g/mol. The van der Waals surface area contributed by atoms with Crippen molar-refractivity contribution in [2.24, 2.45) is 0 Å². The van der Waals surface area contributed by atoms with Crippen LogP contribution in [0.5, 0.6) is 0 Å². The molecule has 1 saturated carbocycles. The Balaban J connectivity index is 2.29. The summed E-state index contributed by atoms with van der Waals surface area (Å²) in [4.78, 5) is 20.6. The Morgan fingerprint density at radius 1 is 1.45 bits per heavy atom. The van der Waals surface area contributed by atoms with Gasteiger partial charge in [0.15, 0.2) is 28.0 Å². The number of hydrogen-bond donors (Lipinski definition) is 0. The Kier molecular flexibility index (Phi) is 2.24. The maximum Gasteiger partial charge on any atom is 0.282 e. The molecule has 0 atom stereocenters. The van der Waals surface area contributed by atoms with Gasteiger partial charge in [-0.05, 0) is 18.9 Å². The third-order valence-electron chi connectivity index (χ3n) is 3.45. The Morgan fingerprint density at radius 3 is 2.90 bits per heavy atom. The summed E-state index contributed by atoms with van der Waals surface area (Å²) < 4.78 is 20.7. The van der Waals surface area contributed by atoms with Gasteiger partial charge in [-0.15, -0.1) is 0 Å². The molecule has 3 aromatic heterocycles. The van der Waals surface area contributed by atoms with Gasteiger partial charge in [-0.2, -0.15) is 0 Å². The number of nitrogens with zero attached hydrogens (tertiary/aromatic N) is 3. The van der Waals surface area contributed by atoms with Gasteiger partial charge in [0, 0.05) is 13.0 Å². The summed E-state index contributed by atoms with van der Waals surface area (Å²) in [7, 11) is 0. The van der Waals surface area contributed by atoms with E-state index in [-0.39, 0.29) is 27.9 Å². The van der Waals surface area contributed by atoms with Gasteiger partial charge in [0.2, 0.25) is 0 Å². The Labute approximate surface area is 117 Å². The average Bonchev–Trinajstić information content (AvgIpc) is 3.14. The van der Waals surface area contributed by atoms with Crippen LogP contribution in [0.4, 0.5) is 4.39 Å². The van der Waals surface area contributed by atoms with Gasteiger partial charge in [-0.1, -0.05) is 11.6 Å². The summed E-state index contributed by atoms with van der Waals surface area (Å²) in [6, 6.07) is 1.33. The number of rotatable bonds is 1. The van der Waals surface area contributed by atoms with E-state index in [4.69, 9.17) is 16.0 Å². The van der Waals surface area contributed by atoms with Gasteiger partial charge in [0.05, 0.1) is 5.39 Å². The molecule has 3 aromatic rings. The van der Waals surface area contributed by atoms with E-state index in [9.17, 15) is 9.18 Å². The summed E-state index contributed by atoms with van der Waals surface area (Å²) >= 11 is 5.75. The second-order valence-electron chi connectivity index (χ2n) is 4.95. The Bertz CT molecular complexity index is 927. The predicted molar refractivity (Wildman–Crippen MR) is 71.5 cm³/mol. The summed E-state index contributed by atoms with van der Waals surface area (Å²) in [6.07, 6.45) is 1.79. The van der Waals surface area contributed by atoms with Crippen molar-refractivity contribution in [3.8, 4) is 0 Å². The highest BCUT2D eigenvalue weighted by Crippen LogP contribution is 2.37. The first-order valence-electron chi connectivity index (χ1n) is 6.23. The van der Waals surface area contributed by atoms with Crippen LogP contribution in [0.25, 0.3) is 22.1 Å². The standard InChI is InChI=1S/C13H9ClFN3O2/c1-5-16-9-10(20-5)7-4-8(15)11(14)17-12(7)18(13(9)19)6-2-3-6/h4,6H,2-3H2,1H3. The fourth-order valence-electron chi connectivity index (χ4n) is 2.44. The van der Waals surface area contributed by atoms with E-state index in [1.54, 1.807) is 11.5 Å². The van der Waals surface area contributed by atoms with E-state index in [0.29, 0.717) is 16.9 Å². The minimum atomic E-state index is -0.643. The zero-order valence-corrected chi connectivity index (χ0v) is 11.2. The molecule has 20 heavy (non-hydrogen) atoms. The van der Waals surface area contributed by atoms with Crippen molar-refractivity contribution in [2.75, 3.05) is 0 Å². The lowest BCUT2D eigenvalue weighted by molar-refractivity contribution is 0.562. The number of hydrogen-bond acceptors (Lipinski definition) is 4. The van der Waals surface area contributed by atoms with Crippen LogP contribution in [-0.4, -0.2) is 14.5 Å². The zero-order valence-electron chi connectivity index (χ0n) is 10.5. The van der Waals surface area contributed by atoms with Crippen molar-refractivity contribution in [1.82, 2.24) is 14.5 Å². The van der Waals surface area contributed by atoms with Crippen molar-refractivity contribution >= 4 is 33.7 Å². The summed E-state index contributed by atoms with van der Waals surface area (Å²) in [6.45, 7) is 1.65. The number of oxazole rings is 1. The van der Waals surface area contributed by atoms with Crippen molar-refractivity contribution in [2.45, 2.75) is 25.8 Å². The zero-order chi connectivity index (χ0) is 14.0. The molecule has 0 unspecified atom stereocenters. The molecule has 0 aromatic carbocycles. The summed E-state index contributed by atoms with van der Waals surface area (Å²) in [5, 5.41) is 0.177. The molecule has 0 spiro atoms. The van der Waals surface area contributed by atoms with E-state index in [1.165, 1.54) is 6.07 Å². The minimum absolute atomic E-state index is 0.0837. The number of fused-ring (bicyclic) bond motifs is 3. The van der Waals surface area contributed by atoms with Gasteiger partial charge in [0.1, 0.15) is 5.65 Å². The van der Waals surface area contributed by atoms with Gasteiger partial charge >= 0.3 is 0 Å². The van der Waals surface area contributed by atoms with Crippen molar-refractivity contribution in [3.63, 3.8) is 0 Å².